The van der Waals surface area contributed by atoms with Crippen molar-refractivity contribution in [3.8, 4) is 0 Å². The number of sulfonamides is 1. The fourth-order valence-electron chi connectivity index (χ4n) is 1.43. The molecule has 0 aromatic heterocycles. The zero-order valence-electron chi connectivity index (χ0n) is 8.11. The predicted octanol–water partition coefficient (Wildman–Crippen LogP) is 1.66. The zero-order valence-corrected chi connectivity index (χ0v) is 8.93. The molecule has 5 heteroatoms. The van der Waals surface area contributed by atoms with E-state index in [9.17, 15) is 12.8 Å². The van der Waals surface area contributed by atoms with E-state index in [1.807, 2.05) is 0 Å². The van der Waals surface area contributed by atoms with Crippen LogP contribution in [0.1, 0.15) is 19.3 Å². The fraction of sp³-hybridized carbons (Fsp3) is 0.400. The molecule has 1 fully saturated rings. The summed E-state index contributed by atoms with van der Waals surface area (Å²) < 4.78 is 38.6. The summed E-state index contributed by atoms with van der Waals surface area (Å²) in [5.74, 6) is -0.433. The Morgan fingerprint density at radius 3 is 2.27 bits per heavy atom. The quantitative estimate of drug-likeness (QED) is 0.856. The highest BCUT2D eigenvalue weighted by atomic mass is 32.2. The lowest BCUT2D eigenvalue weighted by molar-refractivity contribution is 0.383. The number of nitrogens with one attached hydrogen (secondary N) is 1. The maximum absolute atomic E-state index is 12.6. The lowest BCUT2D eigenvalue weighted by Crippen LogP contribution is -2.39. The molecule has 1 aliphatic carbocycles. The van der Waals surface area contributed by atoms with Crippen LogP contribution in [0.2, 0.25) is 0 Å². The Kier molecular flexibility index (Phi) is 2.75. The van der Waals surface area contributed by atoms with Crippen molar-refractivity contribution >= 4 is 10.0 Å². The first-order valence-corrected chi connectivity index (χ1v) is 6.34. The van der Waals surface area contributed by atoms with Crippen molar-refractivity contribution in [3.05, 3.63) is 30.1 Å². The van der Waals surface area contributed by atoms with Gasteiger partial charge in [0.15, 0.2) is 0 Å². The molecule has 0 spiro atoms. The molecule has 0 unspecified atom stereocenters. The second kappa shape index (κ2) is 3.90. The summed E-state index contributed by atoms with van der Waals surface area (Å²) >= 11 is 0. The largest absolute Gasteiger partial charge is 0.240 e. The molecule has 0 aliphatic heterocycles. The third-order valence-electron chi connectivity index (χ3n) is 2.55. The zero-order chi connectivity index (χ0) is 10.9. The number of halogens is 1. The van der Waals surface area contributed by atoms with Gasteiger partial charge in [-0.1, -0.05) is 6.42 Å². The van der Waals surface area contributed by atoms with Gasteiger partial charge in [0.1, 0.15) is 5.82 Å². The SMILES string of the molecule is O=S(=O)(NC1CCC1)c1ccc(F)cc1. The Labute approximate surface area is 88.4 Å². The summed E-state index contributed by atoms with van der Waals surface area (Å²) in [5, 5.41) is 0. The molecule has 1 N–H and O–H groups in total. The molecule has 3 nitrogen and oxygen atoms in total. The number of hydrogen-bond donors (Lipinski definition) is 1. The van der Waals surface area contributed by atoms with E-state index in [1.54, 1.807) is 0 Å². The number of hydrogen-bond acceptors (Lipinski definition) is 2. The maximum Gasteiger partial charge on any atom is 0.240 e. The predicted molar refractivity (Wildman–Crippen MR) is 54.4 cm³/mol. The van der Waals surface area contributed by atoms with Gasteiger partial charge in [0.05, 0.1) is 4.90 Å². The molecule has 1 aromatic rings. The standard InChI is InChI=1S/C10H12FNO2S/c11-8-4-6-10(7-5-8)15(13,14)12-9-2-1-3-9/h4-7,9,12H,1-3H2. The summed E-state index contributed by atoms with van der Waals surface area (Å²) in [4.78, 5) is 0.121. The molecule has 1 saturated carbocycles. The first kappa shape index (κ1) is 10.6. The van der Waals surface area contributed by atoms with Crippen LogP contribution in [-0.2, 0) is 10.0 Å². The smallest absolute Gasteiger partial charge is 0.208 e. The first-order valence-electron chi connectivity index (χ1n) is 4.86. The Bertz CT molecular complexity index is 437. The summed E-state index contributed by atoms with van der Waals surface area (Å²) in [6.45, 7) is 0. The van der Waals surface area contributed by atoms with Gasteiger partial charge in [-0.05, 0) is 37.1 Å². The lowest BCUT2D eigenvalue weighted by atomic mass is 9.94. The molecule has 1 aromatic carbocycles. The van der Waals surface area contributed by atoms with Gasteiger partial charge in [0.2, 0.25) is 10.0 Å². The molecule has 0 bridgehead atoms. The van der Waals surface area contributed by atoms with Crippen LogP contribution in [0.25, 0.3) is 0 Å². The van der Waals surface area contributed by atoms with Gasteiger partial charge in [-0.15, -0.1) is 0 Å². The molecule has 2 rings (SSSR count). The van der Waals surface area contributed by atoms with Crippen molar-refractivity contribution in [2.45, 2.75) is 30.2 Å². The molecular formula is C10H12FNO2S. The second-order valence-electron chi connectivity index (χ2n) is 3.70. The topological polar surface area (TPSA) is 46.2 Å². The summed E-state index contributed by atoms with van der Waals surface area (Å²) in [7, 11) is -3.45. The van der Waals surface area contributed by atoms with E-state index < -0.39 is 15.8 Å². The Morgan fingerprint density at radius 2 is 1.80 bits per heavy atom. The van der Waals surface area contributed by atoms with Crippen LogP contribution in [-0.4, -0.2) is 14.5 Å². The van der Waals surface area contributed by atoms with Crippen LogP contribution >= 0.6 is 0 Å². The highest BCUT2D eigenvalue weighted by molar-refractivity contribution is 7.89. The first-order chi connectivity index (χ1) is 7.08. The molecule has 0 heterocycles. The fourth-order valence-corrected chi connectivity index (χ4v) is 2.73. The normalized spacial score (nSPS) is 17.4. The van der Waals surface area contributed by atoms with E-state index in [4.69, 9.17) is 0 Å². The highest BCUT2D eigenvalue weighted by Gasteiger charge is 2.24. The Hall–Kier alpha value is -0.940. The van der Waals surface area contributed by atoms with E-state index in [0.717, 1.165) is 31.4 Å². The molecule has 0 radical (unpaired) electrons. The summed E-state index contributed by atoms with van der Waals surface area (Å²) in [6.07, 6.45) is 2.84. The monoisotopic (exact) mass is 229 g/mol. The number of benzene rings is 1. The van der Waals surface area contributed by atoms with E-state index in [0.29, 0.717) is 0 Å². The minimum Gasteiger partial charge on any atom is -0.208 e. The maximum atomic E-state index is 12.6. The summed E-state index contributed by atoms with van der Waals surface area (Å²) in [5.41, 5.74) is 0. The highest BCUT2D eigenvalue weighted by Crippen LogP contribution is 2.21. The van der Waals surface area contributed by atoms with E-state index in [1.165, 1.54) is 12.1 Å². The minimum atomic E-state index is -3.45. The van der Waals surface area contributed by atoms with Crippen LogP contribution in [0.15, 0.2) is 29.2 Å². The van der Waals surface area contributed by atoms with E-state index >= 15 is 0 Å². The van der Waals surface area contributed by atoms with Crippen molar-refractivity contribution < 1.29 is 12.8 Å². The van der Waals surface area contributed by atoms with Crippen LogP contribution in [0.4, 0.5) is 4.39 Å². The molecule has 0 amide bonds. The third-order valence-corrected chi connectivity index (χ3v) is 4.09. The lowest BCUT2D eigenvalue weighted by Gasteiger charge is -2.26. The van der Waals surface area contributed by atoms with Crippen molar-refractivity contribution in [3.63, 3.8) is 0 Å². The third kappa shape index (κ3) is 2.35. The number of rotatable bonds is 3. The van der Waals surface area contributed by atoms with Gasteiger partial charge < -0.3 is 0 Å². The molecule has 0 saturated heterocycles. The van der Waals surface area contributed by atoms with Crippen LogP contribution in [0, 0.1) is 5.82 Å². The molecule has 1 aliphatic rings. The van der Waals surface area contributed by atoms with Crippen LogP contribution in [0.3, 0.4) is 0 Å². The van der Waals surface area contributed by atoms with Gasteiger partial charge in [-0.2, -0.15) is 0 Å². The average molecular weight is 229 g/mol. The van der Waals surface area contributed by atoms with Crippen LogP contribution in [0.5, 0.6) is 0 Å². The van der Waals surface area contributed by atoms with Crippen molar-refractivity contribution in [2.24, 2.45) is 0 Å². The van der Waals surface area contributed by atoms with Crippen molar-refractivity contribution in [1.82, 2.24) is 4.72 Å². The second-order valence-corrected chi connectivity index (χ2v) is 5.42. The van der Waals surface area contributed by atoms with Gasteiger partial charge in [0, 0.05) is 6.04 Å². The van der Waals surface area contributed by atoms with Crippen LogP contribution < -0.4 is 4.72 Å². The average Bonchev–Trinajstić information content (AvgIpc) is 2.13. The minimum absolute atomic E-state index is 0.0556. The van der Waals surface area contributed by atoms with Crippen molar-refractivity contribution in [2.75, 3.05) is 0 Å². The summed E-state index contributed by atoms with van der Waals surface area (Å²) in [6, 6.07) is 4.90. The Morgan fingerprint density at radius 1 is 1.20 bits per heavy atom. The van der Waals surface area contributed by atoms with E-state index in [-0.39, 0.29) is 10.9 Å². The van der Waals surface area contributed by atoms with Crippen molar-refractivity contribution in [1.29, 1.82) is 0 Å². The molecule has 15 heavy (non-hydrogen) atoms. The molecule has 82 valence electrons. The van der Waals surface area contributed by atoms with Gasteiger partial charge in [0.25, 0.3) is 0 Å². The van der Waals surface area contributed by atoms with Gasteiger partial charge >= 0.3 is 0 Å². The van der Waals surface area contributed by atoms with E-state index in [2.05, 4.69) is 4.72 Å². The van der Waals surface area contributed by atoms with Gasteiger partial charge in [-0.3, -0.25) is 0 Å². The van der Waals surface area contributed by atoms with Gasteiger partial charge in [-0.25, -0.2) is 17.5 Å². The Balaban J connectivity index is 2.17. The molecular weight excluding hydrogens is 217 g/mol. The molecule has 0 atom stereocenters.